The number of hydrogen-bond donors (Lipinski definition) is 3. The Morgan fingerprint density at radius 2 is 2.20 bits per heavy atom. The van der Waals surface area contributed by atoms with E-state index in [1.165, 1.54) is 0 Å². The van der Waals surface area contributed by atoms with E-state index in [9.17, 15) is 5.11 Å². The third-order valence-electron chi connectivity index (χ3n) is 3.92. The van der Waals surface area contributed by atoms with Crippen LogP contribution in [0.15, 0.2) is 5.16 Å². The summed E-state index contributed by atoms with van der Waals surface area (Å²) in [6, 6.07) is 0.0533. The van der Waals surface area contributed by atoms with Crippen molar-refractivity contribution in [2.45, 2.75) is 38.6 Å². The second-order valence-corrected chi connectivity index (χ2v) is 5.27. The molecule has 0 spiro atoms. The number of rotatable bonds is 3. The monoisotopic (exact) mass is 281 g/mol. The minimum absolute atomic E-state index is 0.0533. The number of hydrogen-bond acceptors (Lipinski definition) is 5. The van der Waals surface area contributed by atoms with Crippen molar-refractivity contribution in [3.8, 4) is 0 Å². The summed E-state index contributed by atoms with van der Waals surface area (Å²) in [5.74, 6) is 0.880. The van der Waals surface area contributed by atoms with Crippen molar-refractivity contribution in [1.82, 2.24) is 9.78 Å². The van der Waals surface area contributed by atoms with Crippen LogP contribution in [0.25, 0.3) is 0 Å². The van der Waals surface area contributed by atoms with Gasteiger partial charge in [-0.1, -0.05) is 18.0 Å². The lowest BCUT2D eigenvalue weighted by Crippen LogP contribution is -2.40. The van der Waals surface area contributed by atoms with Gasteiger partial charge in [0.2, 0.25) is 0 Å². The van der Waals surface area contributed by atoms with Gasteiger partial charge in [0.15, 0.2) is 5.84 Å². The molecular weight excluding hydrogens is 258 g/mol. The molecule has 0 bridgehead atoms. The number of amidine groups is 1. The molecule has 0 aromatic carbocycles. The first-order valence-electron chi connectivity index (χ1n) is 6.99. The van der Waals surface area contributed by atoms with E-state index in [2.05, 4.69) is 15.2 Å². The number of anilines is 1. The highest BCUT2D eigenvalue weighted by Crippen LogP contribution is 2.28. The predicted molar refractivity (Wildman–Crippen MR) is 77.1 cm³/mol. The van der Waals surface area contributed by atoms with Crippen molar-refractivity contribution >= 4 is 11.7 Å². The van der Waals surface area contributed by atoms with Crippen LogP contribution in [0, 0.1) is 6.92 Å². The summed E-state index contributed by atoms with van der Waals surface area (Å²) in [4.78, 5) is 2.14. The zero-order valence-electron chi connectivity index (χ0n) is 12.1. The molecule has 1 unspecified atom stereocenters. The molecule has 112 valence electrons. The standard InChI is InChI=1S/C13H23N5O2/c1-9-11(12(14)16-20)13(17(2)15-9)18-7-5-3-4-6-10(18)8-19/h10,19-20H,3-8H2,1-2H3,(H2,14,16). The quantitative estimate of drug-likeness (QED) is 0.325. The van der Waals surface area contributed by atoms with Crippen molar-refractivity contribution in [2.24, 2.45) is 17.9 Å². The Hall–Kier alpha value is -1.76. The van der Waals surface area contributed by atoms with Gasteiger partial charge < -0.3 is 20.9 Å². The van der Waals surface area contributed by atoms with Crippen LogP contribution in [-0.2, 0) is 7.05 Å². The summed E-state index contributed by atoms with van der Waals surface area (Å²) in [6.07, 6.45) is 4.27. The zero-order valence-corrected chi connectivity index (χ0v) is 12.1. The van der Waals surface area contributed by atoms with Crippen LogP contribution in [0.5, 0.6) is 0 Å². The topological polar surface area (TPSA) is 99.9 Å². The Balaban J connectivity index is 2.49. The van der Waals surface area contributed by atoms with Gasteiger partial charge in [-0.3, -0.25) is 4.68 Å². The zero-order chi connectivity index (χ0) is 14.7. The summed E-state index contributed by atoms with van der Waals surface area (Å²) in [5, 5.41) is 26.1. The highest BCUT2D eigenvalue weighted by molar-refractivity contribution is 6.02. The van der Waals surface area contributed by atoms with Gasteiger partial charge >= 0.3 is 0 Å². The molecule has 1 aliphatic heterocycles. The molecular formula is C13H23N5O2. The van der Waals surface area contributed by atoms with E-state index in [1.54, 1.807) is 4.68 Å². The number of aryl methyl sites for hydroxylation is 2. The Morgan fingerprint density at radius 3 is 2.85 bits per heavy atom. The summed E-state index contributed by atoms with van der Waals surface area (Å²) < 4.78 is 1.75. The summed E-state index contributed by atoms with van der Waals surface area (Å²) in [7, 11) is 1.84. The summed E-state index contributed by atoms with van der Waals surface area (Å²) in [5.41, 5.74) is 7.17. The molecule has 1 aromatic heterocycles. The Labute approximate surface area is 118 Å². The average Bonchev–Trinajstić information content (AvgIpc) is 2.63. The van der Waals surface area contributed by atoms with Crippen LogP contribution in [0.1, 0.15) is 36.9 Å². The number of aromatic nitrogens is 2. The van der Waals surface area contributed by atoms with Gasteiger partial charge in [-0.2, -0.15) is 5.10 Å². The maximum absolute atomic E-state index is 9.65. The fourth-order valence-electron chi connectivity index (χ4n) is 2.97. The van der Waals surface area contributed by atoms with Crippen molar-refractivity contribution in [3.63, 3.8) is 0 Å². The van der Waals surface area contributed by atoms with E-state index in [4.69, 9.17) is 10.9 Å². The van der Waals surface area contributed by atoms with E-state index in [-0.39, 0.29) is 18.5 Å². The maximum atomic E-state index is 9.65. The molecule has 20 heavy (non-hydrogen) atoms. The van der Waals surface area contributed by atoms with Crippen LogP contribution in [0.3, 0.4) is 0 Å². The van der Waals surface area contributed by atoms with Gasteiger partial charge in [0, 0.05) is 13.6 Å². The number of nitrogens with zero attached hydrogens (tertiary/aromatic N) is 4. The molecule has 1 saturated heterocycles. The molecule has 2 rings (SSSR count). The third-order valence-corrected chi connectivity index (χ3v) is 3.92. The fourth-order valence-corrected chi connectivity index (χ4v) is 2.97. The van der Waals surface area contributed by atoms with E-state index in [1.807, 2.05) is 14.0 Å². The largest absolute Gasteiger partial charge is 0.409 e. The SMILES string of the molecule is Cc1nn(C)c(N2CCCCCC2CO)c1C(N)=NO. The molecule has 4 N–H and O–H groups in total. The van der Waals surface area contributed by atoms with Gasteiger partial charge in [-0.05, 0) is 19.8 Å². The third kappa shape index (κ3) is 2.58. The lowest BCUT2D eigenvalue weighted by atomic mass is 10.1. The molecule has 0 radical (unpaired) electrons. The van der Waals surface area contributed by atoms with Gasteiger partial charge in [0.1, 0.15) is 5.82 Å². The first-order valence-corrected chi connectivity index (χ1v) is 6.99. The van der Waals surface area contributed by atoms with Crippen LogP contribution < -0.4 is 10.6 Å². The van der Waals surface area contributed by atoms with Crippen molar-refractivity contribution in [1.29, 1.82) is 0 Å². The highest BCUT2D eigenvalue weighted by atomic mass is 16.4. The van der Waals surface area contributed by atoms with Crippen LogP contribution >= 0.6 is 0 Å². The average molecular weight is 281 g/mol. The van der Waals surface area contributed by atoms with E-state index >= 15 is 0 Å². The fraction of sp³-hybridized carbons (Fsp3) is 0.692. The minimum Gasteiger partial charge on any atom is -0.409 e. The van der Waals surface area contributed by atoms with Crippen molar-refractivity contribution < 1.29 is 10.3 Å². The number of aliphatic hydroxyl groups excluding tert-OH is 1. The molecule has 0 aliphatic carbocycles. The van der Waals surface area contributed by atoms with E-state index in [0.717, 1.165) is 43.7 Å². The molecule has 7 nitrogen and oxygen atoms in total. The van der Waals surface area contributed by atoms with Gasteiger partial charge in [0.05, 0.1) is 23.9 Å². The lowest BCUT2D eigenvalue weighted by molar-refractivity contribution is 0.254. The second kappa shape index (κ2) is 6.13. The molecule has 1 aliphatic rings. The predicted octanol–water partition coefficient (Wildman–Crippen LogP) is 0.564. The van der Waals surface area contributed by atoms with Crippen molar-refractivity contribution in [2.75, 3.05) is 18.1 Å². The first kappa shape index (κ1) is 14.6. The molecule has 2 heterocycles. The normalized spacial score (nSPS) is 21.1. The van der Waals surface area contributed by atoms with Gasteiger partial charge in [-0.15, -0.1) is 0 Å². The van der Waals surface area contributed by atoms with E-state index in [0.29, 0.717) is 5.56 Å². The van der Waals surface area contributed by atoms with E-state index < -0.39 is 0 Å². The lowest BCUT2D eigenvalue weighted by Gasteiger charge is -2.31. The van der Waals surface area contributed by atoms with Crippen molar-refractivity contribution in [3.05, 3.63) is 11.3 Å². The minimum atomic E-state index is 0.0533. The van der Waals surface area contributed by atoms with Gasteiger partial charge in [0.25, 0.3) is 0 Å². The summed E-state index contributed by atoms with van der Waals surface area (Å²) in [6.45, 7) is 2.78. The molecule has 0 saturated carbocycles. The Bertz CT molecular complexity index is 497. The smallest absolute Gasteiger partial charge is 0.175 e. The second-order valence-electron chi connectivity index (χ2n) is 5.27. The maximum Gasteiger partial charge on any atom is 0.175 e. The molecule has 0 amide bonds. The summed E-state index contributed by atoms with van der Waals surface area (Å²) >= 11 is 0. The molecule has 7 heteroatoms. The number of oxime groups is 1. The van der Waals surface area contributed by atoms with Crippen LogP contribution in [0.4, 0.5) is 5.82 Å². The van der Waals surface area contributed by atoms with Gasteiger partial charge in [-0.25, -0.2) is 0 Å². The first-order chi connectivity index (χ1) is 9.60. The van der Waals surface area contributed by atoms with Crippen LogP contribution in [0.2, 0.25) is 0 Å². The highest BCUT2D eigenvalue weighted by Gasteiger charge is 2.28. The molecule has 1 atom stereocenters. The number of aliphatic hydroxyl groups is 1. The Kier molecular flexibility index (Phi) is 4.49. The van der Waals surface area contributed by atoms with Crippen LogP contribution in [-0.4, -0.2) is 45.1 Å². The molecule has 1 aromatic rings. The molecule has 1 fully saturated rings. The number of nitrogens with two attached hydrogens (primary N) is 1. The Morgan fingerprint density at radius 1 is 1.45 bits per heavy atom.